The lowest BCUT2D eigenvalue weighted by Gasteiger charge is -2.34. The molecule has 1 heterocycles. The Morgan fingerprint density at radius 1 is 1.29 bits per heavy atom. The zero-order valence-electron chi connectivity index (χ0n) is 13.8. The summed E-state index contributed by atoms with van der Waals surface area (Å²) in [6.45, 7) is 8.96. The number of hydrogen-bond donors (Lipinski definition) is 1. The molecule has 0 unspecified atom stereocenters. The van der Waals surface area contributed by atoms with E-state index in [1.54, 1.807) is 7.11 Å². The number of aryl methyl sites for hydroxylation is 1. The van der Waals surface area contributed by atoms with Crippen molar-refractivity contribution in [2.45, 2.75) is 45.2 Å². The van der Waals surface area contributed by atoms with Crippen molar-refractivity contribution in [3.05, 3.63) is 35.4 Å². The Bertz CT molecular complexity index is 413. The Balaban J connectivity index is 1.74. The summed E-state index contributed by atoms with van der Waals surface area (Å²) in [5.41, 5.74) is 2.81. The van der Waals surface area contributed by atoms with Gasteiger partial charge in [0.25, 0.3) is 0 Å². The average molecular weight is 290 g/mol. The number of benzene rings is 1. The van der Waals surface area contributed by atoms with E-state index in [1.165, 1.54) is 43.6 Å². The highest BCUT2D eigenvalue weighted by Gasteiger charge is 2.20. The van der Waals surface area contributed by atoms with E-state index in [1.807, 2.05) is 0 Å². The number of rotatable bonds is 7. The van der Waals surface area contributed by atoms with Crippen LogP contribution in [-0.4, -0.2) is 44.3 Å². The topological polar surface area (TPSA) is 24.5 Å². The Morgan fingerprint density at radius 3 is 2.67 bits per heavy atom. The molecule has 1 fully saturated rings. The molecule has 21 heavy (non-hydrogen) atoms. The van der Waals surface area contributed by atoms with Crippen LogP contribution in [0.2, 0.25) is 0 Å². The minimum Gasteiger partial charge on any atom is -0.385 e. The SMILES string of the molecule is COCCCN1CCC(N[C@@H](C)c2ccccc2C)CC1. The molecular formula is C18H30N2O. The summed E-state index contributed by atoms with van der Waals surface area (Å²) in [5, 5.41) is 3.81. The second kappa shape index (κ2) is 8.52. The van der Waals surface area contributed by atoms with E-state index in [9.17, 15) is 0 Å². The lowest BCUT2D eigenvalue weighted by molar-refractivity contribution is 0.151. The van der Waals surface area contributed by atoms with Gasteiger partial charge in [-0.2, -0.15) is 0 Å². The Hall–Kier alpha value is -0.900. The maximum atomic E-state index is 5.13. The van der Waals surface area contributed by atoms with Gasteiger partial charge in [0.05, 0.1) is 0 Å². The van der Waals surface area contributed by atoms with E-state index in [2.05, 4.69) is 48.3 Å². The molecule has 0 radical (unpaired) electrons. The summed E-state index contributed by atoms with van der Waals surface area (Å²) in [4.78, 5) is 2.57. The van der Waals surface area contributed by atoms with Crippen LogP contribution in [0.25, 0.3) is 0 Å². The van der Waals surface area contributed by atoms with Crippen LogP contribution in [0.5, 0.6) is 0 Å². The Labute approximate surface area is 129 Å². The van der Waals surface area contributed by atoms with E-state index in [0.717, 1.165) is 13.0 Å². The fraction of sp³-hybridized carbons (Fsp3) is 0.667. The van der Waals surface area contributed by atoms with Crippen molar-refractivity contribution >= 4 is 0 Å². The van der Waals surface area contributed by atoms with Gasteiger partial charge < -0.3 is 15.0 Å². The predicted octanol–water partition coefficient (Wildman–Crippen LogP) is 3.15. The molecule has 0 aliphatic carbocycles. The number of hydrogen-bond acceptors (Lipinski definition) is 3. The number of methoxy groups -OCH3 is 1. The Kier molecular flexibility index (Phi) is 6.68. The predicted molar refractivity (Wildman–Crippen MR) is 88.7 cm³/mol. The highest BCUT2D eigenvalue weighted by Crippen LogP contribution is 2.20. The molecule has 1 N–H and O–H groups in total. The number of piperidine rings is 1. The van der Waals surface area contributed by atoms with Crippen LogP contribution >= 0.6 is 0 Å². The summed E-state index contributed by atoms with van der Waals surface area (Å²) in [7, 11) is 1.78. The third kappa shape index (κ3) is 5.10. The number of likely N-dealkylation sites (tertiary alicyclic amines) is 1. The highest BCUT2D eigenvalue weighted by atomic mass is 16.5. The van der Waals surface area contributed by atoms with Crippen LogP contribution in [0.4, 0.5) is 0 Å². The fourth-order valence-corrected chi connectivity index (χ4v) is 3.27. The fourth-order valence-electron chi connectivity index (χ4n) is 3.27. The highest BCUT2D eigenvalue weighted by molar-refractivity contribution is 5.28. The molecule has 1 aromatic carbocycles. The van der Waals surface area contributed by atoms with Crippen LogP contribution in [0.3, 0.4) is 0 Å². The molecule has 0 aromatic heterocycles. The monoisotopic (exact) mass is 290 g/mol. The van der Waals surface area contributed by atoms with E-state index in [4.69, 9.17) is 4.74 Å². The van der Waals surface area contributed by atoms with Crippen molar-refractivity contribution in [1.29, 1.82) is 0 Å². The minimum atomic E-state index is 0.441. The van der Waals surface area contributed by atoms with Gasteiger partial charge in [0.2, 0.25) is 0 Å². The molecular weight excluding hydrogens is 260 g/mol. The summed E-state index contributed by atoms with van der Waals surface area (Å²) >= 11 is 0. The second-order valence-corrected chi connectivity index (χ2v) is 6.21. The zero-order chi connectivity index (χ0) is 15.1. The number of nitrogens with one attached hydrogen (secondary N) is 1. The minimum absolute atomic E-state index is 0.441. The largest absolute Gasteiger partial charge is 0.385 e. The van der Waals surface area contributed by atoms with Crippen molar-refractivity contribution in [2.24, 2.45) is 0 Å². The molecule has 3 nitrogen and oxygen atoms in total. The summed E-state index contributed by atoms with van der Waals surface area (Å²) < 4.78 is 5.13. The van der Waals surface area contributed by atoms with Crippen molar-refractivity contribution in [3.63, 3.8) is 0 Å². The maximum absolute atomic E-state index is 5.13. The molecule has 0 spiro atoms. The van der Waals surface area contributed by atoms with Gasteiger partial charge >= 0.3 is 0 Å². The summed E-state index contributed by atoms with van der Waals surface area (Å²) in [5.74, 6) is 0. The van der Waals surface area contributed by atoms with Crippen LogP contribution in [0.1, 0.15) is 43.4 Å². The van der Waals surface area contributed by atoms with Gasteiger partial charge in [0.1, 0.15) is 0 Å². The van der Waals surface area contributed by atoms with Gasteiger partial charge in [0, 0.05) is 32.3 Å². The quantitative estimate of drug-likeness (QED) is 0.781. The molecule has 0 bridgehead atoms. The van der Waals surface area contributed by atoms with Crippen molar-refractivity contribution in [3.8, 4) is 0 Å². The van der Waals surface area contributed by atoms with E-state index in [-0.39, 0.29) is 0 Å². The molecule has 2 rings (SSSR count). The first-order valence-electron chi connectivity index (χ1n) is 8.23. The van der Waals surface area contributed by atoms with Crippen LogP contribution in [-0.2, 0) is 4.74 Å². The number of nitrogens with zero attached hydrogens (tertiary/aromatic N) is 1. The lowest BCUT2D eigenvalue weighted by Crippen LogP contribution is -2.43. The second-order valence-electron chi connectivity index (χ2n) is 6.21. The summed E-state index contributed by atoms with van der Waals surface area (Å²) in [6, 6.07) is 9.79. The van der Waals surface area contributed by atoms with Gasteiger partial charge in [-0.25, -0.2) is 0 Å². The van der Waals surface area contributed by atoms with Crippen LogP contribution < -0.4 is 5.32 Å². The molecule has 1 atom stereocenters. The van der Waals surface area contributed by atoms with E-state index >= 15 is 0 Å². The van der Waals surface area contributed by atoms with Crippen molar-refractivity contribution in [2.75, 3.05) is 33.4 Å². The molecule has 0 amide bonds. The van der Waals surface area contributed by atoms with E-state index in [0.29, 0.717) is 12.1 Å². The zero-order valence-corrected chi connectivity index (χ0v) is 13.8. The molecule has 0 saturated carbocycles. The van der Waals surface area contributed by atoms with Crippen LogP contribution in [0.15, 0.2) is 24.3 Å². The molecule has 1 saturated heterocycles. The first-order valence-corrected chi connectivity index (χ1v) is 8.23. The number of ether oxygens (including phenoxy) is 1. The van der Waals surface area contributed by atoms with Crippen molar-refractivity contribution in [1.82, 2.24) is 10.2 Å². The van der Waals surface area contributed by atoms with Gasteiger partial charge in [-0.05, 0) is 57.3 Å². The molecule has 3 heteroatoms. The Morgan fingerprint density at radius 2 is 2.00 bits per heavy atom. The molecule has 1 aliphatic rings. The standard InChI is InChI=1S/C18H30N2O/c1-15-7-4-5-8-18(15)16(2)19-17-9-12-20(13-10-17)11-6-14-21-3/h4-5,7-8,16-17,19H,6,9-14H2,1-3H3/t16-/m0/s1. The van der Waals surface area contributed by atoms with Gasteiger partial charge in [-0.15, -0.1) is 0 Å². The molecule has 1 aliphatic heterocycles. The van der Waals surface area contributed by atoms with Gasteiger partial charge in [-0.3, -0.25) is 0 Å². The average Bonchev–Trinajstić information content (AvgIpc) is 2.49. The third-order valence-electron chi connectivity index (χ3n) is 4.55. The first-order chi connectivity index (χ1) is 10.2. The normalized spacial score (nSPS) is 18.8. The smallest absolute Gasteiger partial charge is 0.0474 e. The van der Waals surface area contributed by atoms with Gasteiger partial charge in [0.15, 0.2) is 0 Å². The molecule has 1 aromatic rings. The summed E-state index contributed by atoms with van der Waals surface area (Å²) in [6.07, 6.45) is 3.65. The van der Waals surface area contributed by atoms with Crippen LogP contribution in [0, 0.1) is 6.92 Å². The van der Waals surface area contributed by atoms with E-state index < -0.39 is 0 Å². The first kappa shape index (κ1) is 16.5. The molecule has 118 valence electrons. The lowest BCUT2D eigenvalue weighted by atomic mass is 9.99. The third-order valence-corrected chi connectivity index (χ3v) is 4.55. The van der Waals surface area contributed by atoms with Crippen molar-refractivity contribution < 1.29 is 4.74 Å². The van der Waals surface area contributed by atoms with Gasteiger partial charge in [-0.1, -0.05) is 24.3 Å². The maximum Gasteiger partial charge on any atom is 0.0474 e.